The maximum atomic E-state index is 13.3. The molecule has 0 heterocycles. The minimum atomic E-state index is -0.476. The van der Waals surface area contributed by atoms with Crippen molar-refractivity contribution < 1.29 is 9.50 Å². The van der Waals surface area contributed by atoms with Crippen molar-refractivity contribution in [3.63, 3.8) is 0 Å². The SMILES string of the molecule is CC(C)(CO)[C@@H](N)c1cccc(F)c1Br.Cl. The molecule has 0 fully saturated rings. The van der Waals surface area contributed by atoms with Crippen LogP contribution >= 0.6 is 28.3 Å². The minimum absolute atomic E-state index is 0. The van der Waals surface area contributed by atoms with Gasteiger partial charge in [0.05, 0.1) is 4.47 Å². The van der Waals surface area contributed by atoms with Gasteiger partial charge in [-0.2, -0.15) is 0 Å². The second-order valence-electron chi connectivity index (χ2n) is 4.27. The first kappa shape index (κ1) is 15.8. The molecule has 1 aromatic rings. The second-order valence-corrected chi connectivity index (χ2v) is 5.06. The number of aliphatic hydroxyl groups is 1. The Hall–Kier alpha value is -0.160. The summed E-state index contributed by atoms with van der Waals surface area (Å²) in [5.74, 6) is -0.336. The van der Waals surface area contributed by atoms with Crippen LogP contribution in [0.25, 0.3) is 0 Å². The highest BCUT2D eigenvalue weighted by Gasteiger charge is 2.28. The van der Waals surface area contributed by atoms with Crippen molar-refractivity contribution >= 4 is 28.3 Å². The van der Waals surface area contributed by atoms with Gasteiger partial charge >= 0.3 is 0 Å². The summed E-state index contributed by atoms with van der Waals surface area (Å²) in [6, 6.07) is 4.33. The molecule has 0 aliphatic heterocycles. The molecule has 0 amide bonds. The molecule has 0 radical (unpaired) electrons. The van der Waals surface area contributed by atoms with Crippen LogP contribution in [0.15, 0.2) is 22.7 Å². The van der Waals surface area contributed by atoms with Crippen molar-refractivity contribution in [3.05, 3.63) is 34.1 Å². The van der Waals surface area contributed by atoms with E-state index < -0.39 is 11.5 Å². The smallest absolute Gasteiger partial charge is 0.137 e. The molecule has 0 unspecified atom stereocenters. The first-order valence-corrected chi connectivity index (χ1v) is 5.50. The molecule has 0 saturated carbocycles. The molecule has 1 aromatic carbocycles. The van der Waals surface area contributed by atoms with Crippen LogP contribution in [0.2, 0.25) is 0 Å². The van der Waals surface area contributed by atoms with E-state index in [1.165, 1.54) is 6.07 Å². The Morgan fingerprint density at radius 2 is 2.06 bits per heavy atom. The Labute approximate surface area is 110 Å². The van der Waals surface area contributed by atoms with Gasteiger partial charge in [-0.05, 0) is 27.6 Å². The maximum absolute atomic E-state index is 13.3. The zero-order valence-corrected chi connectivity index (χ0v) is 11.6. The predicted octanol–water partition coefficient (Wildman–Crippen LogP) is 3.03. The van der Waals surface area contributed by atoms with Crippen LogP contribution in [-0.4, -0.2) is 11.7 Å². The lowest BCUT2D eigenvalue weighted by atomic mass is 9.82. The van der Waals surface area contributed by atoms with Gasteiger partial charge in [0.25, 0.3) is 0 Å². The standard InChI is InChI=1S/C11H15BrFNO.ClH/c1-11(2,6-15)10(14)7-4-3-5-8(13)9(7)12;/h3-5,10,15H,6,14H2,1-2H3;1H/t10-;/m0./s1. The van der Waals surface area contributed by atoms with E-state index in [9.17, 15) is 9.50 Å². The third kappa shape index (κ3) is 3.17. The monoisotopic (exact) mass is 311 g/mol. The van der Waals surface area contributed by atoms with Crippen LogP contribution in [0, 0.1) is 11.2 Å². The van der Waals surface area contributed by atoms with E-state index >= 15 is 0 Å². The van der Waals surface area contributed by atoms with Gasteiger partial charge in [-0.25, -0.2) is 4.39 Å². The molecule has 2 nitrogen and oxygen atoms in total. The zero-order chi connectivity index (χ0) is 11.6. The molecule has 3 N–H and O–H groups in total. The number of aliphatic hydroxyl groups excluding tert-OH is 1. The topological polar surface area (TPSA) is 46.2 Å². The second kappa shape index (κ2) is 5.96. The summed E-state index contributed by atoms with van der Waals surface area (Å²) in [5, 5.41) is 9.20. The molecule has 0 saturated heterocycles. The van der Waals surface area contributed by atoms with E-state index in [-0.39, 0.29) is 24.8 Å². The molecule has 1 rings (SSSR count). The molecule has 16 heavy (non-hydrogen) atoms. The van der Waals surface area contributed by atoms with Crippen molar-refractivity contribution in [2.45, 2.75) is 19.9 Å². The Morgan fingerprint density at radius 3 is 2.56 bits per heavy atom. The van der Waals surface area contributed by atoms with E-state index in [1.54, 1.807) is 12.1 Å². The fraction of sp³-hybridized carbons (Fsp3) is 0.455. The van der Waals surface area contributed by atoms with E-state index in [0.29, 0.717) is 10.0 Å². The summed E-state index contributed by atoms with van der Waals surface area (Å²) >= 11 is 3.17. The number of rotatable bonds is 3. The maximum Gasteiger partial charge on any atom is 0.137 e. The minimum Gasteiger partial charge on any atom is -0.396 e. The average molecular weight is 313 g/mol. The number of hydrogen-bond donors (Lipinski definition) is 2. The molecular formula is C11H16BrClFNO. The Bertz CT molecular complexity index is 360. The molecular weight excluding hydrogens is 296 g/mol. The molecule has 5 heteroatoms. The van der Waals surface area contributed by atoms with Gasteiger partial charge < -0.3 is 10.8 Å². The number of halogens is 3. The Balaban J connectivity index is 0.00000225. The molecule has 0 aromatic heterocycles. The normalized spacial score (nSPS) is 13.1. The molecule has 92 valence electrons. The number of hydrogen-bond acceptors (Lipinski definition) is 2. The first-order chi connectivity index (χ1) is 6.90. The van der Waals surface area contributed by atoms with Crippen LogP contribution in [0.1, 0.15) is 25.5 Å². The summed E-state index contributed by atoms with van der Waals surface area (Å²) in [7, 11) is 0. The quantitative estimate of drug-likeness (QED) is 0.901. The van der Waals surface area contributed by atoms with E-state index in [2.05, 4.69) is 15.9 Å². The summed E-state index contributed by atoms with van der Waals surface area (Å²) in [6.07, 6.45) is 0. The van der Waals surface area contributed by atoms with Gasteiger partial charge in [0.15, 0.2) is 0 Å². The third-order valence-corrected chi connectivity index (χ3v) is 3.40. The summed E-state index contributed by atoms with van der Waals surface area (Å²) in [4.78, 5) is 0. The van der Waals surface area contributed by atoms with Crippen molar-refractivity contribution in [1.29, 1.82) is 0 Å². The molecule has 0 bridgehead atoms. The van der Waals surface area contributed by atoms with Crippen LogP contribution in [0.3, 0.4) is 0 Å². The van der Waals surface area contributed by atoms with Gasteiger partial charge in [0.1, 0.15) is 5.82 Å². The predicted molar refractivity (Wildman–Crippen MR) is 69.1 cm³/mol. The fourth-order valence-corrected chi connectivity index (χ4v) is 1.79. The Kier molecular flexibility index (Phi) is 5.90. The number of benzene rings is 1. The molecule has 0 spiro atoms. The molecule has 1 atom stereocenters. The lowest BCUT2D eigenvalue weighted by Gasteiger charge is -2.30. The highest BCUT2D eigenvalue weighted by atomic mass is 79.9. The molecule has 0 aliphatic rings. The van der Waals surface area contributed by atoms with Crippen molar-refractivity contribution in [2.75, 3.05) is 6.61 Å². The van der Waals surface area contributed by atoms with Crippen molar-refractivity contribution in [3.8, 4) is 0 Å². The fourth-order valence-electron chi connectivity index (χ4n) is 1.28. The lowest BCUT2D eigenvalue weighted by Crippen LogP contribution is -2.32. The summed E-state index contributed by atoms with van der Waals surface area (Å²) in [5.41, 5.74) is 6.20. The van der Waals surface area contributed by atoms with Gasteiger partial charge in [0, 0.05) is 18.1 Å². The van der Waals surface area contributed by atoms with Gasteiger partial charge in [-0.1, -0.05) is 26.0 Å². The number of nitrogens with two attached hydrogens (primary N) is 1. The summed E-state index contributed by atoms with van der Waals surface area (Å²) < 4.78 is 13.6. The van der Waals surface area contributed by atoms with Gasteiger partial charge in [-0.3, -0.25) is 0 Å². The van der Waals surface area contributed by atoms with Crippen molar-refractivity contribution in [2.24, 2.45) is 11.1 Å². The largest absolute Gasteiger partial charge is 0.396 e. The van der Waals surface area contributed by atoms with Crippen molar-refractivity contribution in [1.82, 2.24) is 0 Å². The van der Waals surface area contributed by atoms with Gasteiger partial charge in [0.2, 0.25) is 0 Å². The highest BCUT2D eigenvalue weighted by Crippen LogP contribution is 2.35. The van der Waals surface area contributed by atoms with Crippen LogP contribution in [0.4, 0.5) is 4.39 Å². The summed E-state index contributed by atoms with van der Waals surface area (Å²) in [6.45, 7) is 3.64. The van der Waals surface area contributed by atoms with Crippen LogP contribution < -0.4 is 5.73 Å². The van der Waals surface area contributed by atoms with Crippen LogP contribution in [0.5, 0.6) is 0 Å². The van der Waals surface area contributed by atoms with E-state index in [1.807, 2.05) is 13.8 Å². The average Bonchev–Trinajstić information content (AvgIpc) is 2.21. The van der Waals surface area contributed by atoms with E-state index in [4.69, 9.17) is 5.73 Å². The zero-order valence-electron chi connectivity index (χ0n) is 9.21. The highest BCUT2D eigenvalue weighted by molar-refractivity contribution is 9.10. The van der Waals surface area contributed by atoms with Crippen LogP contribution in [-0.2, 0) is 0 Å². The third-order valence-electron chi connectivity index (χ3n) is 2.57. The molecule has 0 aliphatic carbocycles. The van der Waals surface area contributed by atoms with E-state index in [0.717, 1.165) is 0 Å². The first-order valence-electron chi connectivity index (χ1n) is 4.70. The Morgan fingerprint density at radius 1 is 1.50 bits per heavy atom. The van der Waals surface area contributed by atoms with Gasteiger partial charge in [-0.15, -0.1) is 12.4 Å². The lowest BCUT2D eigenvalue weighted by molar-refractivity contribution is 0.132.